The maximum atomic E-state index is 12.1. The number of carbonyl (C=O) groups excluding carboxylic acids is 1. The summed E-state index contributed by atoms with van der Waals surface area (Å²) in [4.78, 5) is 25.3. The normalized spacial score (nSPS) is 21.8. The van der Waals surface area contributed by atoms with Crippen LogP contribution in [0, 0.1) is 5.92 Å². The predicted molar refractivity (Wildman–Crippen MR) is 103 cm³/mol. The molecule has 6 nitrogen and oxygen atoms in total. The van der Waals surface area contributed by atoms with E-state index in [-0.39, 0.29) is 31.1 Å². The number of nitrogens with zero attached hydrogens (tertiary/aromatic N) is 1. The van der Waals surface area contributed by atoms with Crippen LogP contribution in [0.1, 0.15) is 51.0 Å². The van der Waals surface area contributed by atoms with Gasteiger partial charge in [0.1, 0.15) is 5.75 Å². The van der Waals surface area contributed by atoms with Crippen molar-refractivity contribution in [2.24, 2.45) is 5.92 Å². The van der Waals surface area contributed by atoms with Gasteiger partial charge in [0, 0.05) is 18.6 Å². The van der Waals surface area contributed by atoms with E-state index in [0.717, 1.165) is 19.4 Å². The number of hydrogen-bond donors (Lipinski definition) is 2. The number of carbonyl (C=O) groups is 2. The van der Waals surface area contributed by atoms with Crippen molar-refractivity contribution < 1.29 is 19.4 Å². The highest BCUT2D eigenvalue weighted by Gasteiger charge is 2.37. The first-order chi connectivity index (χ1) is 12.9. The van der Waals surface area contributed by atoms with Gasteiger partial charge in [-0.1, -0.05) is 26.0 Å². The standard InChI is InChI=1S/C21H30N2O4/c1-14(2)16-4-3-5-19(8-16)27-13-20(24)22-17-9-18(10-17)23(12-21(25)26)11-15-6-7-15/h3-5,8,14-15,17-18H,6-7,9-13H2,1-2H3,(H,22,24)(H,25,26). The fraction of sp³-hybridized carbons (Fsp3) is 0.619. The van der Waals surface area contributed by atoms with Gasteiger partial charge in [-0.3, -0.25) is 14.5 Å². The van der Waals surface area contributed by atoms with Crippen molar-refractivity contribution in [3.63, 3.8) is 0 Å². The number of nitrogens with one attached hydrogen (secondary N) is 1. The summed E-state index contributed by atoms with van der Waals surface area (Å²) in [7, 11) is 0. The molecule has 0 atom stereocenters. The Morgan fingerprint density at radius 1 is 1.30 bits per heavy atom. The zero-order chi connectivity index (χ0) is 19.4. The van der Waals surface area contributed by atoms with Crippen molar-refractivity contribution >= 4 is 11.9 Å². The first-order valence-corrected chi connectivity index (χ1v) is 9.88. The number of benzene rings is 1. The molecule has 1 aromatic carbocycles. The molecule has 1 aromatic rings. The summed E-state index contributed by atoms with van der Waals surface area (Å²) >= 11 is 0. The van der Waals surface area contributed by atoms with Crippen LogP contribution >= 0.6 is 0 Å². The van der Waals surface area contributed by atoms with E-state index in [2.05, 4.69) is 30.1 Å². The Hall–Kier alpha value is -2.08. The lowest BCUT2D eigenvalue weighted by Crippen LogP contribution is -2.55. The Labute approximate surface area is 160 Å². The lowest BCUT2D eigenvalue weighted by atomic mass is 9.85. The zero-order valence-corrected chi connectivity index (χ0v) is 16.2. The number of carboxylic acid groups (broad SMARTS) is 1. The van der Waals surface area contributed by atoms with Crippen LogP contribution in [0.4, 0.5) is 0 Å². The quantitative estimate of drug-likeness (QED) is 0.658. The predicted octanol–water partition coefficient (Wildman–Crippen LogP) is 2.63. The molecular formula is C21H30N2O4. The topological polar surface area (TPSA) is 78.9 Å². The van der Waals surface area contributed by atoms with Crippen LogP contribution in [0.25, 0.3) is 0 Å². The fourth-order valence-corrected chi connectivity index (χ4v) is 3.53. The van der Waals surface area contributed by atoms with Crippen molar-refractivity contribution in [3.8, 4) is 5.75 Å². The summed E-state index contributed by atoms with van der Waals surface area (Å²) in [6.45, 7) is 5.21. The molecule has 2 fully saturated rings. The van der Waals surface area contributed by atoms with Gasteiger partial charge in [0.25, 0.3) is 5.91 Å². The fourth-order valence-electron chi connectivity index (χ4n) is 3.53. The average Bonchev–Trinajstić information content (AvgIpc) is 3.39. The van der Waals surface area contributed by atoms with E-state index in [1.807, 2.05) is 18.2 Å². The van der Waals surface area contributed by atoms with Crippen molar-refractivity contribution in [2.75, 3.05) is 19.7 Å². The smallest absolute Gasteiger partial charge is 0.317 e. The third kappa shape index (κ3) is 5.96. The third-order valence-corrected chi connectivity index (χ3v) is 5.42. The molecule has 148 valence electrons. The second-order valence-electron chi connectivity index (χ2n) is 8.17. The zero-order valence-electron chi connectivity index (χ0n) is 16.2. The molecule has 2 aliphatic rings. The van der Waals surface area contributed by atoms with Crippen molar-refractivity contribution in [3.05, 3.63) is 29.8 Å². The Morgan fingerprint density at radius 2 is 2.04 bits per heavy atom. The van der Waals surface area contributed by atoms with E-state index in [0.29, 0.717) is 17.6 Å². The van der Waals surface area contributed by atoms with Crippen LogP contribution in [0.3, 0.4) is 0 Å². The van der Waals surface area contributed by atoms with Gasteiger partial charge in [0.2, 0.25) is 0 Å². The second-order valence-corrected chi connectivity index (χ2v) is 8.17. The highest BCUT2D eigenvalue weighted by atomic mass is 16.5. The molecule has 27 heavy (non-hydrogen) atoms. The lowest BCUT2D eigenvalue weighted by Gasteiger charge is -2.42. The van der Waals surface area contributed by atoms with Gasteiger partial charge >= 0.3 is 5.97 Å². The molecular weight excluding hydrogens is 344 g/mol. The van der Waals surface area contributed by atoms with E-state index in [4.69, 9.17) is 9.84 Å². The molecule has 0 spiro atoms. The van der Waals surface area contributed by atoms with Gasteiger partial charge in [-0.2, -0.15) is 0 Å². The molecule has 0 heterocycles. The minimum atomic E-state index is -0.778. The number of ether oxygens (including phenoxy) is 1. The average molecular weight is 374 g/mol. The van der Waals surface area contributed by atoms with Crippen LogP contribution in [-0.4, -0.2) is 53.7 Å². The molecule has 6 heteroatoms. The number of hydrogen-bond acceptors (Lipinski definition) is 4. The molecule has 1 amide bonds. The molecule has 0 aromatic heterocycles. The minimum absolute atomic E-state index is 0.00360. The summed E-state index contributed by atoms with van der Waals surface area (Å²) in [6, 6.07) is 8.20. The van der Waals surface area contributed by atoms with Crippen molar-refractivity contribution in [2.45, 2.75) is 57.5 Å². The summed E-state index contributed by atoms with van der Waals surface area (Å²) in [5.74, 6) is 0.882. The highest BCUT2D eigenvalue weighted by Crippen LogP contribution is 2.33. The van der Waals surface area contributed by atoms with Gasteiger partial charge in [0.15, 0.2) is 6.61 Å². The molecule has 0 aliphatic heterocycles. The monoisotopic (exact) mass is 374 g/mol. The van der Waals surface area contributed by atoms with Crippen LogP contribution < -0.4 is 10.1 Å². The summed E-state index contributed by atoms with van der Waals surface area (Å²) in [5, 5.41) is 12.1. The molecule has 2 N–H and O–H groups in total. The molecule has 0 unspecified atom stereocenters. The van der Waals surface area contributed by atoms with Crippen LogP contribution in [0.2, 0.25) is 0 Å². The van der Waals surface area contributed by atoms with Crippen LogP contribution in [-0.2, 0) is 9.59 Å². The Bertz CT molecular complexity index is 666. The van der Waals surface area contributed by atoms with E-state index in [9.17, 15) is 9.59 Å². The summed E-state index contributed by atoms with van der Waals surface area (Å²) < 4.78 is 5.62. The van der Waals surface area contributed by atoms with E-state index < -0.39 is 5.97 Å². The van der Waals surface area contributed by atoms with Gasteiger partial charge in [-0.25, -0.2) is 0 Å². The van der Waals surface area contributed by atoms with E-state index in [1.165, 1.54) is 18.4 Å². The third-order valence-electron chi connectivity index (χ3n) is 5.42. The maximum Gasteiger partial charge on any atom is 0.317 e. The SMILES string of the molecule is CC(C)c1cccc(OCC(=O)NC2CC(N(CC(=O)O)CC3CC3)C2)c1. The van der Waals surface area contributed by atoms with E-state index >= 15 is 0 Å². The Kier molecular flexibility index (Phi) is 6.37. The summed E-state index contributed by atoms with van der Waals surface area (Å²) in [6.07, 6.45) is 4.04. The molecule has 0 radical (unpaired) electrons. The van der Waals surface area contributed by atoms with Gasteiger partial charge < -0.3 is 15.2 Å². The number of rotatable bonds is 10. The van der Waals surface area contributed by atoms with Crippen LogP contribution in [0.5, 0.6) is 5.75 Å². The first-order valence-electron chi connectivity index (χ1n) is 9.88. The Morgan fingerprint density at radius 3 is 2.67 bits per heavy atom. The van der Waals surface area contributed by atoms with Crippen LogP contribution in [0.15, 0.2) is 24.3 Å². The molecule has 2 aliphatic carbocycles. The maximum absolute atomic E-state index is 12.1. The number of carboxylic acids is 1. The molecule has 2 saturated carbocycles. The van der Waals surface area contributed by atoms with Crippen molar-refractivity contribution in [1.82, 2.24) is 10.2 Å². The van der Waals surface area contributed by atoms with E-state index in [1.54, 1.807) is 0 Å². The summed E-state index contributed by atoms with van der Waals surface area (Å²) in [5.41, 5.74) is 1.18. The lowest BCUT2D eigenvalue weighted by molar-refractivity contribution is -0.140. The van der Waals surface area contributed by atoms with Gasteiger partial charge in [-0.05, 0) is 55.2 Å². The minimum Gasteiger partial charge on any atom is -0.484 e. The first kappa shape index (κ1) is 19.7. The highest BCUT2D eigenvalue weighted by molar-refractivity contribution is 5.78. The van der Waals surface area contributed by atoms with Crippen molar-refractivity contribution in [1.29, 1.82) is 0 Å². The van der Waals surface area contributed by atoms with Gasteiger partial charge in [-0.15, -0.1) is 0 Å². The Balaban J connectivity index is 1.39. The molecule has 0 saturated heterocycles. The number of amides is 1. The molecule has 0 bridgehead atoms. The largest absolute Gasteiger partial charge is 0.484 e. The molecule has 3 rings (SSSR count). The second kappa shape index (κ2) is 8.74. The van der Waals surface area contributed by atoms with Gasteiger partial charge in [0.05, 0.1) is 6.54 Å². The number of aliphatic carboxylic acids is 1.